The smallest absolute Gasteiger partial charge is 0.116 e. The highest BCUT2D eigenvalue weighted by molar-refractivity contribution is 6.16. The van der Waals surface area contributed by atoms with Crippen LogP contribution in [0.15, 0.2) is 48.9 Å². The molecule has 2 aromatic heterocycles. The molecule has 2 aromatic carbocycles. The highest BCUT2D eigenvalue weighted by Crippen LogP contribution is 2.27. The fourth-order valence-electron chi connectivity index (χ4n) is 2.27. The second-order valence-electron chi connectivity index (χ2n) is 4.14. The molecular formula is C14H8N4. The SMILES string of the molecule is c1ccc2c(c1)nnc1ccc3cncnc3c12. The van der Waals surface area contributed by atoms with Gasteiger partial charge >= 0.3 is 0 Å². The summed E-state index contributed by atoms with van der Waals surface area (Å²) in [5.74, 6) is 0. The number of hydrogen-bond donors (Lipinski definition) is 0. The number of aromatic nitrogens is 4. The molecule has 0 amide bonds. The summed E-state index contributed by atoms with van der Waals surface area (Å²) in [5.41, 5.74) is 2.67. The first-order chi connectivity index (χ1) is 8.93. The first-order valence-corrected chi connectivity index (χ1v) is 5.67. The van der Waals surface area contributed by atoms with E-state index in [4.69, 9.17) is 0 Å². The van der Waals surface area contributed by atoms with E-state index in [2.05, 4.69) is 20.2 Å². The van der Waals surface area contributed by atoms with Crippen molar-refractivity contribution in [1.29, 1.82) is 0 Å². The Morgan fingerprint density at radius 2 is 1.72 bits per heavy atom. The van der Waals surface area contributed by atoms with Gasteiger partial charge in [-0.15, -0.1) is 10.2 Å². The molecule has 4 rings (SSSR count). The summed E-state index contributed by atoms with van der Waals surface area (Å²) in [6.45, 7) is 0. The van der Waals surface area contributed by atoms with E-state index in [1.807, 2.05) is 42.6 Å². The maximum absolute atomic E-state index is 4.38. The van der Waals surface area contributed by atoms with Crippen molar-refractivity contribution in [2.45, 2.75) is 0 Å². The van der Waals surface area contributed by atoms with Gasteiger partial charge in [-0.1, -0.05) is 18.2 Å². The van der Waals surface area contributed by atoms with Crippen molar-refractivity contribution in [1.82, 2.24) is 20.2 Å². The van der Waals surface area contributed by atoms with Crippen molar-refractivity contribution in [2.24, 2.45) is 0 Å². The molecule has 0 aliphatic heterocycles. The molecule has 4 nitrogen and oxygen atoms in total. The monoisotopic (exact) mass is 232 g/mol. The van der Waals surface area contributed by atoms with Crippen LogP contribution in [0.25, 0.3) is 32.7 Å². The maximum Gasteiger partial charge on any atom is 0.116 e. The fraction of sp³-hybridized carbons (Fsp3) is 0. The van der Waals surface area contributed by atoms with E-state index < -0.39 is 0 Å². The lowest BCUT2D eigenvalue weighted by Gasteiger charge is -2.04. The molecule has 0 saturated carbocycles. The summed E-state index contributed by atoms with van der Waals surface area (Å²) in [5, 5.41) is 11.6. The Morgan fingerprint density at radius 1 is 0.833 bits per heavy atom. The molecule has 0 saturated heterocycles. The third kappa shape index (κ3) is 1.20. The van der Waals surface area contributed by atoms with E-state index in [0.29, 0.717) is 0 Å². The van der Waals surface area contributed by atoms with Crippen LogP contribution < -0.4 is 0 Å². The van der Waals surface area contributed by atoms with E-state index in [1.54, 1.807) is 6.33 Å². The van der Waals surface area contributed by atoms with Crippen LogP contribution >= 0.6 is 0 Å². The molecular weight excluding hydrogens is 224 g/mol. The molecule has 18 heavy (non-hydrogen) atoms. The topological polar surface area (TPSA) is 51.6 Å². The van der Waals surface area contributed by atoms with Crippen molar-refractivity contribution in [3.63, 3.8) is 0 Å². The summed E-state index contributed by atoms with van der Waals surface area (Å²) in [7, 11) is 0. The zero-order valence-corrected chi connectivity index (χ0v) is 9.41. The molecule has 0 aliphatic rings. The van der Waals surface area contributed by atoms with Gasteiger partial charge in [0.1, 0.15) is 6.33 Å². The van der Waals surface area contributed by atoms with Crippen molar-refractivity contribution in [3.8, 4) is 0 Å². The fourth-order valence-corrected chi connectivity index (χ4v) is 2.27. The van der Waals surface area contributed by atoms with Gasteiger partial charge in [-0.3, -0.25) is 0 Å². The lowest BCUT2D eigenvalue weighted by Crippen LogP contribution is -1.90. The van der Waals surface area contributed by atoms with Crippen LogP contribution in [0.4, 0.5) is 0 Å². The molecule has 84 valence electrons. The first-order valence-electron chi connectivity index (χ1n) is 5.67. The molecule has 0 aliphatic carbocycles. The Hall–Kier alpha value is -2.62. The number of fused-ring (bicyclic) bond motifs is 5. The number of hydrogen-bond acceptors (Lipinski definition) is 4. The molecule has 2 heterocycles. The summed E-state index contributed by atoms with van der Waals surface area (Å²) >= 11 is 0. The summed E-state index contributed by atoms with van der Waals surface area (Å²) in [4.78, 5) is 8.43. The Balaban J connectivity index is 2.38. The van der Waals surface area contributed by atoms with Gasteiger partial charge in [-0.2, -0.15) is 0 Å². The maximum atomic E-state index is 4.38. The predicted octanol–water partition coefficient (Wildman–Crippen LogP) is 2.73. The second-order valence-corrected chi connectivity index (χ2v) is 4.14. The van der Waals surface area contributed by atoms with E-state index in [0.717, 1.165) is 32.7 Å². The molecule has 0 bridgehead atoms. The summed E-state index contributed by atoms with van der Waals surface area (Å²) in [6.07, 6.45) is 3.38. The molecule has 0 unspecified atom stereocenters. The molecule has 0 atom stereocenters. The average Bonchev–Trinajstić information content (AvgIpc) is 2.46. The molecule has 0 N–H and O–H groups in total. The van der Waals surface area contributed by atoms with E-state index in [9.17, 15) is 0 Å². The van der Waals surface area contributed by atoms with Crippen LogP contribution in [0.1, 0.15) is 0 Å². The summed E-state index contributed by atoms with van der Waals surface area (Å²) < 4.78 is 0. The van der Waals surface area contributed by atoms with Gasteiger partial charge in [0.15, 0.2) is 0 Å². The number of rotatable bonds is 0. The standard InChI is InChI=1S/C14H8N4/c1-2-4-11-10(3-1)13-12(18-17-11)6-5-9-7-15-8-16-14(9)13/h1-8H. The highest BCUT2D eigenvalue weighted by atomic mass is 15.1. The minimum atomic E-state index is 0.861. The van der Waals surface area contributed by atoms with Gasteiger partial charge in [0.2, 0.25) is 0 Å². The van der Waals surface area contributed by atoms with Gasteiger partial charge in [0.25, 0.3) is 0 Å². The van der Waals surface area contributed by atoms with Crippen LogP contribution in [0.3, 0.4) is 0 Å². The average molecular weight is 232 g/mol. The zero-order chi connectivity index (χ0) is 11.9. The van der Waals surface area contributed by atoms with Gasteiger partial charge in [0.05, 0.1) is 16.6 Å². The zero-order valence-electron chi connectivity index (χ0n) is 9.41. The van der Waals surface area contributed by atoms with Crippen LogP contribution in [-0.2, 0) is 0 Å². The third-order valence-electron chi connectivity index (χ3n) is 3.09. The normalized spacial score (nSPS) is 11.3. The minimum absolute atomic E-state index is 0.861. The van der Waals surface area contributed by atoms with Gasteiger partial charge in [-0.05, 0) is 18.2 Å². The van der Waals surface area contributed by atoms with Crippen molar-refractivity contribution in [3.05, 3.63) is 48.9 Å². The Bertz CT molecular complexity index is 816. The van der Waals surface area contributed by atoms with E-state index in [1.165, 1.54) is 0 Å². The lowest BCUT2D eigenvalue weighted by molar-refractivity contribution is 1.12. The van der Waals surface area contributed by atoms with Crippen molar-refractivity contribution in [2.75, 3.05) is 0 Å². The van der Waals surface area contributed by atoms with Crippen molar-refractivity contribution < 1.29 is 0 Å². The van der Waals surface area contributed by atoms with Crippen LogP contribution in [0.5, 0.6) is 0 Å². The highest BCUT2D eigenvalue weighted by Gasteiger charge is 2.07. The number of nitrogens with zero attached hydrogens (tertiary/aromatic N) is 4. The van der Waals surface area contributed by atoms with Crippen molar-refractivity contribution >= 4 is 32.7 Å². The molecule has 0 radical (unpaired) electrons. The molecule has 4 aromatic rings. The quantitative estimate of drug-likeness (QED) is 0.437. The van der Waals surface area contributed by atoms with Gasteiger partial charge < -0.3 is 0 Å². The van der Waals surface area contributed by atoms with Crippen LogP contribution in [0, 0.1) is 0 Å². The third-order valence-corrected chi connectivity index (χ3v) is 3.09. The molecule has 0 fully saturated rings. The lowest BCUT2D eigenvalue weighted by atomic mass is 10.1. The van der Waals surface area contributed by atoms with E-state index in [-0.39, 0.29) is 0 Å². The molecule has 4 heteroatoms. The summed E-state index contributed by atoms with van der Waals surface area (Å²) in [6, 6.07) is 11.9. The van der Waals surface area contributed by atoms with Gasteiger partial charge in [-0.25, -0.2) is 9.97 Å². The Labute approximate surface area is 102 Å². The number of benzene rings is 2. The van der Waals surface area contributed by atoms with Crippen LogP contribution in [-0.4, -0.2) is 20.2 Å². The second kappa shape index (κ2) is 3.43. The van der Waals surface area contributed by atoms with Gasteiger partial charge in [0, 0.05) is 22.4 Å². The Kier molecular flexibility index (Phi) is 1.80. The molecule has 0 spiro atoms. The first kappa shape index (κ1) is 9.41. The largest absolute Gasteiger partial charge is 0.244 e. The van der Waals surface area contributed by atoms with Crippen LogP contribution in [0.2, 0.25) is 0 Å². The predicted molar refractivity (Wildman–Crippen MR) is 70.1 cm³/mol. The van der Waals surface area contributed by atoms with E-state index >= 15 is 0 Å². The Morgan fingerprint density at radius 3 is 2.72 bits per heavy atom. The minimum Gasteiger partial charge on any atom is -0.244 e.